The molecule has 19 heavy (non-hydrogen) atoms. The van der Waals surface area contributed by atoms with Crippen molar-refractivity contribution in [1.29, 1.82) is 0 Å². The quantitative estimate of drug-likeness (QED) is 0.672. The monoisotopic (exact) mass is 319 g/mol. The molecule has 100 valence electrons. The van der Waals surface area contributed by atoms with Crippen LogP contribution < -0.4 is 11.3 Å². The average molecular weight is 320 g/mol. The normalized spacial score (nSPS) is 12.4. The fraction of sp³-hybridized carbons (Fsp3) is 0.267. The van der Waals surface area contributed by atoms with E-state index in [4.69, 9.17) is 5.84 Å². The molecule has 1 aromatic carbocycles. The van der Waals surface area contributed by atoms with Crippen molar-refractivity contribution in [2.45, 2.75) is 26.3 Å². The Kier molecular flexibility index (Phi) is 4.69. The van der Waals surface area contributed by atoms with E-state index >= 15 is 0 Å². The fourth-order valence-electron chi connectivity index (χ4n) is 2.08. The minimum absolute atomic E-state index is 0.0219. The third-order valence-electron chi connectivity index (χ3n) is 3.24. The molecule has 4 heteroatoms. The molecule has 2 rings (SSSR count). The average Bonchev–Trinajstić information content (AvgIpc) is 2.41. The fourth-order valence-corrected chi connectivity index (χ4v) is 2.32. The van der Waals surface area contributed by atoms with Crippen LogP contribution in [0.15, 0.2) is 41.0 Å². The lowest BCUT2D eigenvalue weighted by Gasteiger charge is -2.17. The lowest BCUT2D eigenvalue weighted by atomic mass is 9.97. The van der Waals surface area contributed by atoms with E-state index in [0.29, 0.717) is 0 Å². The molecule has 0 amide bonds. The zero-order valence-electron chi connectivity index (χ0n) is 11.2. The highest BCUT2D eigenvalue weighted by Crippen LogP contribution is 2.20. The van der Waals surface area contributed by atoms with Crippen molar-refractivity contribution in [3.05, 3.63) is 63.4 Å². The molecule has 0 aliphatic rings. The second kappa shape index (κ2) is 6.28. The number of halogens is 1. The first-order chi connectivity index (χ1) is 9.10. The van der Waals surface area contributed by atoms with Gasteiger partial charge in [-0.1, -0.05) is 23.8 Å². The number of pyridine rings is 1. The van der Waals surface area contributed by atoms with Crippen LogP contribution in [0.4, 0.5) is 0 Å². The Hall–Kier alpha value is -1.23. The van der Waals surface area contributed by atoms with Gasteiger partial charge in [0.1, 0.15) is 0 Å². The number of aryl methyl sites for hydroxylation is 2. The Bertz CT molecular complexity index is 552. The predicted octanol–water partition coefficient (Wildman–Crippen LogP) is 3.21. The number of aromatic nitrogens is 1. The molecule has 1 heterocycles. The summed E-state index contributed by atoms with van der Waals surface area (Å²) >= 11 is 3.39. The number of nitrogens with one attached hydrogen (secondary N) is 1. The number of benzene rings is 1. The maximum Gasteiger partial charge on any atom is 0.0672 e. The molecule has 3 N–H and O–H groups in total. The minimum atomic E-state index is 0.0219. The molecular formula is C15H18BrN3. The van der Waals surface area contributed by atoms with Crippen molar-refractivity contribution in [1.82, 2.24) is 10.4 Å². The van der Waals surface area contributed by atoms with Crippen LogP contribution in [0.25, 0.3) is 0 Å². The summed E-state index contributed by atoms with van der Waals surface area (Å²) < 4.78 is 0.971. The van der Waals surface area contributed by atoms with Gasteiger partial charge in [-0.15, -0.1) is 0 Å². The summed E-state index contributed by atoms with van der Waals surface area (Å²) in [5.41, 5.74) is 7.65. The van der Waals surface area contributed by atoms with E-state index in [1.165, 1.54) is 16.7 Å². The first-order valence-corrected chi connectivity index (χ1v) is 7.03. The minimum Gasteiger partial charge on any atom is -0.271 e. The maximum atomic E-state index is 5.68. The topological polar surface area (TPSA) is 50.9 Å². The summed E-state index contributed by atoms with van der Waals surface area (Å²) in [5, 5.41) is 0. The van der Waals surface area contributed by atoms with Crippen LogP contribution in [0.3, 0.4) is 0 Å². The molecule has 2 aromatic rings. The SMILES string of the molecule is Cc1ccc(C)c(CC(NN)c2ccc(Br)cn2)c1. The van der Waals surface area contributed by atoms with Gasteiger partial charge in [0.25, 0.3) is 0 Å². The summed E-state index contributed by atoms with van der Waals surface area (Å²) in [5.74, 6) is 5.68. The van der Waals surface area contributed by atoms with Crippen molar-refractivity contribution in [3.63, 3.8) is 0 Å². The number of hydrazine groups is 1. The number of nitrogens with zero attached hydrogens (tertiary/aromatic N) is 1. The summed E-state index contributed by atoms with van der Waals surface area (Å²) in [6.07, 6.45) is 2.63. The Morgan fingerprint density at radius 1 is 1.26 bits per heavy atom. The third-order valence-corrected chi connectivity index (χ3v) is 3.71. The summed E-state index contributed by atoms with van der Waals surface area (Å²) in [6, 6.07) is 10.5. The van der Waals surface area contributed by atoms with E-state index in [0.717, 1.165) is 16.6 Å². The molecule has 1 unspecified atom stereocenters. The Balaban J connectivity index is 2.23. The van der Waals surface area contributed by atoms with E-state index in [-0.39, 0.29) is 6.04 Å². The van der Waals surface area contributed by atoms with Crippen molar-refractivity contribution < 1.29 is 0 Å². The highest BCUT2D eigenvalue weighted by molar-refractivity contribution is 9.10. The Labute approximate surface area is 122 Å². The molecule has 1 aromatic heterocycles. The van der Waals surface area contributed by atoms with Gasteiger partial charge in [0.2, 0.25) is 0 Å². The molecule has 0 radical (unpaired) electrons. The molecule has 0 saturated carbocycles. The molecule has 0 spiro atoms. The molecule has 0 bridgehead atoms. The van der Waals surface area contributed by atoms with Crippen molar-refractivity contribution in [2.75, 3.05) is 0 Å². The molecule has 0 fully saturated rings. The number of nitrogens with two attached hydrogens (primary N) is 1. The van der Waals surface area contributed by atoms with Gasteiger partial charge in [0.15, 0.2) is 0 Å². The van der Waals surface area contributed by atoms with E-state index < -0.39 is 0 Å². The van der Waals surface area contributed by atoms with Crippen LogP contribution in [-0.2, 0) is 6.42 Å². The van der Waals surface area contributed by atoms with Gasteiger partial charge < -0.3 is 0 Å². The molecule has 0 saturated heterocycles. The molecule has 0 aliphatic carbocycles. The van der Waals surface area contributed by atoms with Gasteiger partial charge in [-0.25, -0.2) is 0 Å². The predicted molar refractivity (Wildman–Crippen MR) is 81.6 cm³/mol. The first-order valence-electron chi connectivity index (χ1n) is 6.24. The number of rotatable bonds is 4. The van der Waals surface area contributed by atoms with Crippen LogP contribution >= 0.6 is 15.9 Å². The zero-order valence-corrected chi connectivity index (χ0v) is 12.7. The zero-order chi connectivity index (χ0) is 13.8. The van der Waals surface area contributed by atoms with Crippen LogP contribution in [0, 0.1) is 13.8 Å². The summed E-state index contributed by atoms with van der Waals surface area (Å²) in [7, 11) is 0. The van der Waals surface area contributed by atoms with E-state index in [2.05, 4.69) is 58.4 Å². The van der Waals surface area contributed by atoms with Gasteiger partial charge in [0, 0.05) is 10.7 Å². The van der Waals surface area contributed by atoms with Crippen LogP contribution in [0.2, 0.25) is 0 Å². The highest BCUT2D eigenvalue weighted by Gasteiger charge is 2.13. The van der Waals surface area contributed by atoms with Crippen LogP contribution in [0.5, 0.6) is 0 Å². The van der Waals surface area contributed by atoms with Gasteiger partial charge >= 0.3 is 0 Å². The van der Waals surface area contributed by atoms with Gasteiger partial charge in [-0.2, -0.15) is 0 Å². The van der Waals surface area contributed by atoms with E-state index in [1.54, 1.807) is 6.20 Å². The van der Waals surface area contributed by atoms with Crippen molar-refractivity contribution >= 4 is 15.9 Å². The van der Waals surface area contributed by atoms with Crippen molar-refractivity contribution in [3.8, 4) is 0 Å². The standard InChI is InChI=1S/C15H18BrN3/c1-10-3-4-11(2)12(7-10)8-15(19-17)14-6-5-13(16)9-18-14/h3-7,9,15,19H,8,17H2,1-2H3. The third kappa shape index (κ3) is 3.62. The van der Waals surface area contributed by atoms with Gasteiger partial charge in [0.05, 0.1) is 11.7 Å². The van der Waals surface area contributed by atoms with Crippen molar-refractivity contribution in [2.24, 2.45) is 5.84 Å². The summed E-state index contributed by atoms with van der Waals surface area (Å²) in [6.45, 7) is 4.23. The van der Waals surface area contributed by atoms with Crippen LogP contribution in [0.1, 0.15) is 28.4 Å². The number of hydrogen-bond donors (Lipinski definition) is 2. The highest BCUT2D eigenvalue weighted by atomic mass is 79.9. The summed E-state index contributed by atoms with van der Waals surface area (Å²) in [4.78, 5) is 4.41. The smallest absolute Gasteiger partial charge is 0.0672 e. The second-order valence-electron chi connectivity index (χ2n) is 4.75. The van der Waals surface area contributed by atoms with Gasteiger partial charge in [-0.05, 0) is 59.5 Å². The van der Waals surface area contributed by atoms with Gasteiger partial charge in [-0.3, -0.25) is 16.3 Å². The lowest BCUT2D eigenvalue weighted by molar-refractivity contribution is 0.537. The largest absolute Gasteiger partial charge is 0.271 e. The molecule has 0 aliphatic heterocycles. The van der Waals surface area contributed by atoms with Crippen LogP contribution in [-0.4, -0.2) is 4.98 Å². The van der Waals surface area contributed by atoms with E-state index in [9.17, 15) is 0 Å². The molecular weight excluding hydrogens is 302 g/mol. The lowest BCUT2D eigenvalue weighted by Crippen LogP contribution is -2.30. The maximum absolute atomic E-state index is 5.68. The molecule has 3 nitrogen and oxygen atoms in total. The van der Waals surface area contributed by atoms with E-state index in [1.807, 2.05) is 12.1 Å². The first kappa shape index (κ1) is 14.2. The number of hydrogen-bond acceptors (Lipinski definition) is 3. The Morgan fingerprint density at radius 2 is 2.05 bits per heavy atom. The second-order valence-corrected chi connectivity index (χ2v) is 5.67. The Morgan fingerprint density at radius 3 is 2.68 bits per heavy atom. The molecule has 1 atom stereocenters.